The summed E-state index contributed by atoms with van der Waals surface area (Å²) in [4.78, 5) is 7.98. The van der Waals surface area contributed by atoms with Gasteiger partial charge in [0, 0.05) is 12.1 Å². The quantitative estimate of drug-likeness (QED) is 0.601. The third kappa shape index (κ3) is 2.76. The van der Waals surface area contributed by atoms with E-state index >= 15 is 0 Å². The van der Waals surface area contributed by atoms with Gasteiger partial charge in [0.05, 0.1) is 16.6 Å². The Bertz CT molecular complexity index is 1110. The molecular weight excluding hydrogens is 322 g/mol. The van der Waals surface area contributed by atoms with E-state index in [9.17, 15) is 5.26 Å². The van der Waals surface area contributed by atoms with E-state index in [0.717, 1.165) is 46.6 Å². The van der Waals surface area contributed by atoms with Crippen LogP contribution < -0.4 is 10.3 Å². The summed E-state index contributed by atoms with van der Waals surface area (Å²) in [7, 11) is 0. The van der Waals surface area contributed by atoms with Gasteiger partial charge in [0.1, 0.15) is 18.4 Å². The molecule has 4 aromatic rings. The second-order valence-electron chi connectivity index (χ2n) is 6.29. The Morgan fingerprint density at radius 3 is 2.81 bits per heavy atom. The highest BCUT2D eigenvalue weighted by Gasteiger charge is 2.16. The monoisotopic (exact) mass is 342 g/mol. The largest absolute Gasteiger partial charge is 0.361 e. The van der Waals surface area contributed by atoms with Crippen molar-refractivity contribution in [2.45, 2.75) is 26.3 Å². The summed E-state index contributed by atoms with van der Waals surface area (Å²) < 4.78 is 2.05. The number of aromatic amines is 1. The number of nitrogens with one attached hydrogen (secondary N) is 2. The SMILES string of the molecule is CCCc1cc(NCc2cccc[nH+]2)n2c(nc3ccccc32)c1C#N. The van der Waals surface area contributed by atoms with E-state index < -0.39 is 0 Å². The maximum atomic E-state index is 9.74. The van der Waals surface area contributed by atoms with E-state index in [2.05, 4.69) is 33.8 Å². The van der Waals surface area contributed by atoms with Crippen LogP contribution >= 0.6 is 0 Å². The first-order valence-electron chi connectivity index (χ1n) is 8.84. The highest BCUT2D eigenvalue weighted by atomic mass is 15.1. The molecule has 0 saturated carbocycles. The normalized spacial score (nSPS) is 10.9. The average Bonchev–Trinajstić information content (AvgIpc) is 3.07. The van der Waals surface area contributed by atoms with Crippen molar-refractivity contribution in [3.63, 3.8) is 0 Å². The summed E-state index contributed by atoms with van der Waals surface area (Å²) in [5.41, 5.74) is 5.41. The van der Waals surface area contributed by atoms with E-state index in [-0.39, 0.29) is 0 Å². The molecule has 0 saturated heterocycles. The van der Waals surface area contributed by atoms with Crippen molar-refractivity contribution < 1.29 is 4.98 Å². The fourth-order valence-electron chi connectivity index (χ4n) is 3.33. The molecule has 0 unspecified atom stereocenters. The number of hydrogen-bond donors (Lipinski definition) is 1. The van der Waals surface area contributed by atoms with Gasteiger partial charge in [0.15, 0.2) is 17.5 Å². The molecule has 3 heterocycles. The number of aromatic nitrogens is 3. The second-order valence-corrected chi connectivity index (χ2v) is 6.29. The number of para-hydroxylation sites is 2. The van der Waals surface area contributed by atoms with E-state index in [4.69, 9.17) is 4.98 Å². The number of anilines is 1. The molecule has 0 bridgehead atoms. The van der Waals surface area contributed by atoms with Gasteiger partial charge >= 0.3 is 0 Å². The van der Waals surface area contributed by atoms with Crippen LogP contribution in [0.3, 0.4) is 0 Å². The molecule has 0 radical (unpaired) electrons. The number of benzene rings is 1. The smallest absolute Gasteiger partial charge is 0.198 e. The van der Waals surface area contributed by atoms with Gasteiger partial charge in [-0.25, -0.2) is 9.97 Å². The number of pyridine rings is 2. The van der Waals surface area contributed by atoms with Gasteiger partial charge in [-0.2, -0.15) is 5.26 Å². The van der Waals surface area contributed by atoms with E-state index in [1.54, 1.807) is 0 Å². The van der Waals surface area contributed by atoms with E-state index in [1.807, 2.05) is 48.7 Å². The third-order valence-electron chi connectivity index (χ3n) is 4.52. The lowest BCUT2D eigenvalue weighted by atomic mass is 10.1. The number of hydrogen-bond acceptors (Lipinski definition) is 3. The van der Waals surface area contributed by atoms with Gasteiger partial charge in [-0.1, -0.05) is 31.5 Å². The minimum atomic E-state index is 0.667. The molecule has 5 nitrogen and oxygen atoms in total. The van der Waals surface area contributed by atoms with Crippen molar-refractivity contribution in [3.05, 3.63) is 71.5 Å². The Morgan fingerprint density at radius 1 is 1.19 bits per heavy atom. The molecule has 0 amide bonds. The zero-order chi connectivity index (χ0) is 17.9. The number of aryl methyl sites for hydroxylation is 1. The van der Waals surface area contributed by atoms with Gasteiger partial charge in [0.2, 0.25) is 0 Å². The van der Waals surface area contributed by atoms with E-state index in [1.165, 1.54) is 0 Å². The van der Waals surface area contributed by atoms with Crippen molar-refractivity contribution in [2.24, 2.45) is 0 Å². The van der Waals surface area contributed by atoms with Crippen LogP contribution in [-0.2, 0) is 13.0 Å². The fraction of sp³-hybridized carbons (Fsp3) is 0.190. The molecule has 1 aromatic carbocycles. The summed E-state index contributed by atoms with van der Waals surface area (Å²) in [6, 6.07) is 18.5. The molecule has 0 aliphatic heterocycles. The minimum Gasteiger partial charge on any atom is -0.361 e. The Kier molecular flexibility index (Phi) is 4.24. The first kappa shape index (κ1) is 16.1. The van der Waals surface area contributed by atoms with Gasteiger partial charge in [0.25, 0.3) is 0 Å². The summed E-state index contributed by atoms with van der Waals surface area (Å²) in [5, 5.41) is 13.3. The predicted molar refractivity (Wildman–Crippen MR) is 102 cm³/mol. The minimum absolute atomic E-state index is 0.667. The van der Waals surface area contributed by atoms with Crippen LogP contribution in [0.4, 0.5) is 5.82 Å². The lowest BCUT2D eigenvalue weighted by molar-refractivity contribution is -0.389. The first-order chi connectivity index (χ1) is 12.8. The Labute approximate surface area is 151 Å². The highest BCUT2D eigenvalue weighted by Crippen LogP contribution is 2.27. The van der Waals surface area contributed by atoms with Crippen LogP contribution in [0.15, 0.2) is 54.7 Å². The summed E-state index contributed by atoms with van der Waals surface area (Å²) >= 11 is 0. The van der Waals surface area contributed by atoms with Crippen LogP contribution in [0.1, 0.15) is 30.2 Å². The predicted octanol–water partition coefficient (Wildman–Crippen LogP) is 3.74. The number of H-pyrrole nitrogens is 1. The maximum Gasteiger partial charge on any atom is 0.198 e. The van der Waals surface area contributed by atoms with Crippen molar-refractivity contribution in [2.75, 3.05) is 5.32 Å². The molecule has 0 spiro atoms. The van der Waals surface area contributed by atoms with Crippen molar-refractivity contribution in [1.29, 1.82) is 5.26 Å². The Balaban J connectivity index is 1.90. The lowest BCUT2D eigenvalue weighted by Crippen LogP contribution is -2.15. The summed E-state index contributed by atoms with van der Waals surface area (Å²) in [6.45, 7) is 2.79. The molecule has 0 aliphatic carbocycles. The number of nitriles is 1. The zero-order valence-corrected chi connectivity index (χ0v) is 14.7. The van der Waals surface area contributed by atoms with Gasteiger partial charge < -0.3 is 5.32 Å². The standard InChI is InChI=1S/C21H19N5/c1-2-7-15-12-20(24-14-16-8-5-6-11-23-16)26-19-10-4-3-9-18(19)25-21(26)17(15)13-22/h3-6,8-12,24H,2,7,14H2,1H3/p+1. The fourth-order valence-corrected chi connectivity index (χ4v) is 3.33. The van der Waals surface area contributed by atoms with Crippen LogP contribution in [0.5, 0.6) is 0 Å². The lowest BCUT2D eigenvalue weighted by Gasteiger charge is -2.12. The molecule has 128 valence electrons. The summed E-state index contributed by atoms with van der Waals surface area (Å²) in [5.74, 6) is 0.952. The maximum absolute atomic E-state index is 9.74. The number of nitrogens with zero attached hydrogens (tertiary/aromatic N) is 3. The van der Waals surface area contributed by atoms with Crippen molar-refractivity contribution in [3.8, 4) is 6.07 Å². The number of imidazole rings is 1. The summed E-state index contributed by atoms with van der Waals surface area (Å²) in [6.07, 6.45) is 3.76. The molecule has 26 heavy (non-hydrogen) atoms. The topological polar surface area (TPSA) is 67.3 Å². The molecular formula is C21H20N5+. The van der Waals surface area contributed by atoms with Crippen molar-refractivity contribution in [1.82, 2.24) is 9.38 Å². The van der Waals surface area contributed by atoms with Crippen LogP contribution in [-0.4, -0.2) is 9.38 Å². The molecule has 2 N–H and O–H groups in total. The molecule has 5 heteroatoms. The highest BCUT2D eigenvalue weighted by molar-refractivity contribution is 5.85. The number of fused-ring (bicyclic) bond motifs is 3. The van der Waals surface area contributed by atoms with Crippen LogP contribution in [0.25, 0.3) is 16.7 Å². The second kappa shape index (κ2) is 6.85. The Morgan fingerprint density at radius 2 is 2.04 bits per heavy atom. The van der Waals surface area contributed by atoms with Crippen LogP contribution in [0.2, 0.25) is 0 Å². The average molecular weight is 342 g/mol. The molecule has 4 rings (SSSR count). The van der Waals surface area contributed by atoms with E-state index in [0.29, 0.717) is 12.1 Å². The number of rotatable bonds is 5. The molecule has 0 aliphatic rings. The molecule has 0 fully saturated rings. The third-order valence-corrected chi connectivity index (χ3v) is 4.52. The first-order valence-corrected chi connectivity index (χ1v) is 8.84. The molecule has 0 atom stereocenters. The van der Waals surface area contributed by atoms with Gasteiger partial charge in [-0.15, -0.1) is 0 Å². The van der Waals surface area contributed by atoms with Gasteiger partial charge in [-0.05, 0) is 30.2 Å². The molecule has 3 aromatic heterocycles. The zero-order valence-electron chi connectivity index (χ0n) is 14.7. The van der Waals surface area contributed by atoms with Crippen molar-refractivity contribution >= 4 is 22.5 Å². The van der Waals surface area contributed by atoms with Gasteiger partial charge in [-0.3, -0.25) is 4.40 Å². The van der Waals surface area contributed by atoms with Crippen LogP contribution in [0, 0.1) is 11.3 Å². The Hall–Kier alpha value is -3.39.